The summed E-state index contributed by atoms with van der Waals surface area (Å²) in [4.78, 5) is 12.4. The zero-order valence-corrected chi connectivity index (χ0v) is 19.2. The summed E-state index contributed by atoms with van der Waals surface area (Å²) in [5.41, 5.74) is 1.08. The molecule has 4 aromatic rings. The fourth-order valence-corrected chi connectivity index (χ4v) is 3.80. The van der Waals surface area contributed by atoms with Gasteiger partial charge in [0, 0.05) is 36.3 Å². The van der Waals surface area contributed by atoms with E-state index in [0.29, 0.717) is 28.0 Å². The van der Waals surface area contributed by atoms with Gasteiger partial charge in [0.25, 0.3) is 0 Å². The summed E-state index contributed by atoms with van der Waals surface area (Å²) in [5, 5.41) is 3.39. The average molecular weight is 504 g/mol. The Balaban J connectivity index is 1.55. The van der Waals surface area contributed by atoms with E-state index in [1.54, 1.807) is 49.5 Å². The van der Waals surface area contributed by atoms with E-state index < -0.39 is 28.9 Å². The first kappa shape index (κ1) is 23.7. The van der Waals surface area contributed by atoms with Crippen molar-refractivity contribution in [3.63, 3.8) is 0 Å². The van der Waals surface area contributed by atoms with Crippen molar-refractivity contribution < 1.29 is 17.9 Å². The molecule has 0 saturated heterocycles. The number of anilines is 2. The van der Waals surface area contributed by atoms with Gasteiger partial charge in [-0.3, -0.25) is 0 Å². The number of nitrogens with one attached hydrogen (secondary N) is 2. The molecule has 0 radical (unpaired) electrons. The van der Waals surface area contributed by atoms with Crippen LogP contribution in [-0.2, 0) is 5.75 Å². The van der Waals surface area contributed by atoms with E-state index in [0.717, 1.165) is 23.6 Å². The summed E-state index contributed by atoms with van der Waals surface area (Å²) in [6, 6.07) is 12.6. The van der Waals surface area contributed by atoms with Crippen molar-refractivity contribution in [2.24, 2.45) is 0 Å². The number of hydrogen-bond donors (Lipinski definition) is 2. The number of halogens is 4. The van der Waals surface area contributed by atoms with Crippen LogP contribution >= 0.6 is 23.5 Å². The van der Waals surface area contributed by atoms with Crippen LogP contribution < -0.4 is 14.8 Å². The van der Waals surface area contributed by atoms with Crippen LogP contribution in [0.4, 0.5) is 24.8 Å². The van der Waals surface area contributed by atoms with Gasteiger partial charge in [0.2, 0.25) is 17.6 Å². The Kier molecular flexibility index (Phi) is 7.39. The van der Waals surface area contributed by atoms with E-state index in [1.165, 1.54) is 12.4 Å². The average Bonchev–Trinajstić information content (AvgIpc) is 2.86. The Morgan fingerprint density at radius 2 is 1.79 bits per heavy atom. The highest BCUT2D eigenvalue weighted by atomic mass is 35.5. The lowest BCUT2D eigenvalue weighted by Crippen LogP contribution is -2.03. The lowest BCUT2D eigenvalue weighted by molar-refractivity contribution is 0.401. The molecular formula is C23H17ClF3N5OS. The van der Waals surface area contributed by atoms with E-state index in [1.807, 2.05) is 0 Å². The molecule has 0 unspecified atom stereocenters. The zero-order valence-electron chi connectivity index (χ0n) is 17.7. The van der Waals surface area contributed by atoms with E-state index in [9.17, 15) is 13.2 Å². The van der Waals surface area contributed by atoms with Gasteiger partial charge in [-0.1, -0.05) is 23.7 Å². The van der Waals surface area contributed by atoms with Crippen LogP contribution in [0, 0.1) is 17.5 Å². The fraction of sp³-hybridized carbons (Fsp3) is 0.0870. The fourth-order valence-electron chi connectivity index (χ4n) is 2.91. The van der Waals surface area contributed by atoms with Crippen molar-refractivity contribution >= 4 is 35.2 Å². The van der Waals surface area contributed by atoms with Crippen LogP contribution in [0.2, 0.25) is 5.02 Å². The van der Waals surface area contributed by atoms with Crippen molar-refractivity contribution in [2.75, 3.05) is 17.1 Å². The summed E-state index contributed by atoms with van der Waals surface area (Å²) in [7, 11) is 1.66. The molecular weight excluding hydrogens is 487 g/mol. The van der Waals surface area contributed by atoms with Crippen molar-refractivity contribution in [1.29, 1.82) is 0 Å². The predicted octanol–water partition coefficient (Wildman–Crippen LogP) is 6.70. The van der Waals surface area contributed by atoms with Gasteiger partial charge < -0.3 is 14.8 Å². The molecule has 174 valence electrons. The van der Waals surface area contributed by atoms with Crippen LogP contribution in [-0.4, -0.2) is 22.0 Å². The minimum absolute atomic E-state index is 0.0706. The number of aromatic nitrogens is 3. The molecule has 2 aromatic carbocycles. The predicted molar refractivity (Wildman–Crippen MR) is 128 cm³/mol. The molecule has 0 aliphatic heterocycles. The number of hydrogen-bond acceptors (Lipinski definition) is 7. The minimum atomic E-state index is -1.41. The SMILES string of the molecule is CNc1nccc(-c2cccnc2Oc2cc(F)c(NSCc3ccc(Cl)cc3)c(F)c2F)n1. The highest BCUT2D eigenvalue weighted by molar-refractivity contribution is 7.99. The molecule has 2 N–H and O–H groups in total. The number of rotatable bonds is 8. The monoisotopic (exact) mass is 503 g/mol. The van der Waals surface area contributed by atoms with E-state index in [2.05, 4.69) is 25.0 Å². The Bertz CT molecular complexity index is 1310. The first-order chi connectivity index (χ1) is 16.5. The molecule has 4 rings (SSSR count). The van der Waals surface area contributed by atoms with E-state index in [4.69, 9.17) is 16.3 Å². The van der Waals surface area contributed by atoms with Crippen LogP contribution in [0.5, 0.6) is 11.6 Å². The Morgan fingerprint density at radius 1 is 1.00 bits per heavy atom. The molecule has 0 aliphatic carbocycles. The third kappa shape index (κ3) is 5.35. The highest BCUT2D eigenvalue weighted by Gasteiger charge is 2.22. The first-order valence-corrected chi connectivity index (χ1v) is 11.3. The topological polar surface area (TPSA) is 72.0 Å². The molecule has 2 heterocycles. The van der Waals surface area contributed by atoms with E-state index >= 15 is 0 Å². The van der Waals surface area contributed by atoms with Gasteiger partial charge in [0.1, 0.15) is 5.69 Å². The second-order valence-electron chi connectivity index (χ2n) is 6.85. The van der Waals surface area contributed by atoms with Crippen molar-refractivity contribution in [2.45, 2.75) is 5.75 Å². The largest absolute Gasteiger partial charge is 0.435 e. The molecule has 0 amide bonds. The van der Waals surface area contributed by atoms with Gasteiger partial charge in [0.15, 0.2) is 17.4 Å². The van der Waals surface area contributed by atoms with Crippen molar-refractivity contribution in [3.05, 3.63) is 89.0 Å². The van der Waals surface area contributed by atoms with Gasteiger partial charge in [0.05, 0.1) is 11.3 Å². The van der Waals surface area contributed by atoms with Crippen LogP contribution in [0.25, 0.3) is 11.3 Å². The Morgan fingerprint density at radius 3 is 2.56 bits per heavy atom. The summed E-state index contributed by atoms with van der Waals surface area (Å²) in [6.07, 6.45) is 2.93. The Labute approximate surface area is 202 Å². The van der Waals surface area contributed by atoms with Crippen LogP contribution in [0.15, 0.2) is 60.9 Å². The van der Waals surface area contributed by atoms with E-state index in [-0.39, 0.29) is 5.88 Å². The lowest BCUT2D eigenvalue weighted by atomic mass is 10.2. The number of benzene rings is 2. The standard InChI is InChI=1S/C23H17ClF3N5OS/c1-28-23-30-10-8-17(31-23)15-3-2-9-29-22(15)33-18-11-16(25)21(20(27)19(18)26)32-34-12-13-4-6-14(24)7-5-13/h2-11,32H,12H2,1H3,(H,28,30,31). The molecule has 2 aromatic heterocycles. The minimum Gasteiger partial charge on any atom is -0.435 e. The third-order valence-corrected chi connectivity index (χ3v) is 5.66. The maximum absolute atomic E-state index is 14.8. The van der Waals surface area contributed by atoms with Crippen LogP contribution in [0.1, 0.15) is 5.56 Å². The zero-order chi connectivity index (χ0) is 24.1. The maximum atomic E-state index is 14.8. The normalized spacial score (nSPS) is 10.7. The molecule has 11 heteroatoms. The van der Waals surface area contributed by atoms with Gasteiger partial charge in [-0.2, -0.15) is 4.39 Å². The second-order valence-corrected chi connectivity index (χ2v) is 8.07. The first-order valence-electron chi connectivity index (χ1n) is 9.90. The number of pyridine rings is 1. The third-order valence-electron chi connectivity index (χ3n) is 4.58. The van der Waals surface area contributed by atoms with Crippen molar-refractivity contribution in [1.82, 2.24) is 15.0 Å². The Hall–Kier alpha value is -3.50. The highest BCUT2D eigenvalue weighted by Crippen LogP contribution is 2.36. The lowest BCUT2D eigenvalue weighted by Gasteiger charge is -2.14. The van der Waals surface area contributed by atoms with Gasteiger partial charge in [-0.05, 0) is 47.8 Å². The molecule has 0 saturated carbocycles. The van der Waals surface area contributed by atoms with Gasteiger partial charge in [-0.15, -0.1) is 0 Å². The molecule has 0 aliphatic rings. The molecule has 6 nitrogen and oxygen atoms in total. The summed E-state index contributed by atoms with van der Waals surface area (Å²) in [5.74, 6) is -3.77. The molecule has 0 bridgehead atoms. The molecule has 34 heavy (non-hydrogen) atoms. The second kappa shape index (κ2) is 10.6. The summed E-state index contributed by atoms with van der Waals surface area (Å²) < 4.78 is 52.1. The number of nitrogens with zero attached hydrogens (tertiary/aromatic N) is 3. The molecule has 0 spiro atoms. The van der Waals surface area contributed by atoms with Gasteiger partial charge >= 0.3 is 0 Å². The quantitative estimate of drug-likeness (QED) is 0.205. The molecule has 0 fully saturated rings. The van der Waals surface area contributed by atoms with Crippen molar-refractivity contribution in [3.8, 4) is 22.9 Å². The maximum Gasteiger partial charge on any atom is 0.228 e. The summed E-state index contributed by atoms with van der Waals surface area (Å²) in [6.45, 7) is 0. The number of ether oxygens (including phenoxy) is 1. The van der Waals surface area contributed by atoms with Gasteiger partial charge in [-0.25, -0.2) is 23.7 Å². The smallest absolute Gasteiger partial charge is 0.228 e. The molecule has 0 atom stereocenters. The van der Waals surface area contributed by atoms with Crippen LogP contribution in [0.3, 0.4) is 0 Å². The summed E-state index contributed by atoms with van der Waals surface area (Å²) >= 11 is 6.85.